The monoisotopic (exact) mass is 898 g/mol. The second kappa shape index (κ2) is 15.6. The third kappa shape index (κ3) is 6.08. The van der Waals surface area contributed by atoms with Gasteiger partial charge in [-0.25, -0.2) is 0 Å². The normalized spacial score (nSPS) is 23.6. The standard InChI is InChI=1S/C70H58/c1-69(2)61-29-17-16-20-49(61)50-38-35-47(41-63(50)69)67-57-25-12-14-27-59(57)68(60-28-15-13-26-58(60)67)48-36-39-52-51-37-34-46(40-62(51)70(3,4)64(52)42-48)43-30-32-45(33-31-43)66-55-23-10-8-21-53(55)65(44-18-6-5-7-19-44)54-22-9-11-24-56(54)66/h5-30,32,34,36-37,39-42,53,55,57,59H,31,33,35,38H2,1-4H3. The van der Waals surface area contributed by atoms with Crippen LogP contribution in [0.1, 0.15) is 92.3 Å². The molecule has 338 valence electrons. The minimum atomic E-state index is -0.144. The Morgan fingerprint density at radius 2 is 0.829 bits per heavy atom. The van der Waals surface area contributed by atoms with Gasteiger partial charge in [-0.2, -0.15) is 0 Å². The average molecular weight is 899 g/mol. The predicted molar refractivity (Wildman–Crippen MR) is 293 cm³/mol. The maximum Gasteiger partial charge on any atom is 0.0159 e. The molecule has 0 spiro atoms. The fourth-order valence-corrected chi connectivity index (χ4v) is 14.5. The summed E-state index contributed by atoms with van der Waals surface area (Å²) in [4.78, 5) is 0. The van der Waals surface area contributed by atoms with Gasteiger partial charge in [0.1, 0.15) is 0 Å². The van der Waals surface area contributed by atoms with Crippen molar-refractivity contribution < 1.29 is 0 Å². The molecule has 6 aromatic rings. The maximum atomic E-state index is 2.61. The quantitative estimate of drug-likeness (QED) is 0.162. The van der Waals surface area contributed by atoms with E-state index in [0.717, 1.165) is 25.7 Å². The molecule has 0 bridgehead atoms. The molecular formula is C70H58. The number of hydrogen-bond donors (Lipinski definition) is 0. The van der Waals surface area contributed by atoms with Crippen molar-refractivity contribution in [1.82, 2.24) is 0 Å². The average Bonchev–Trinajstić information content (AvgIpc) is 3.77. The van der Waals surface area contributed by atoms with E-state index in [1.807, 2.05) is 0 Å². The van der Waals surface area contributed by atoms with Crippen LogP contribution in [0.2, 0.25) is 0 Å². The molecule has 4 unspecified atom stereocenters. The highest BCUT2D eigenvalue weighted by Crippen LogP contribution is 2.55. The number of allylic oxidation sites excluding steroid dienone is 16. The van der Waals surface area contributed by atoms with E-state index < -0.39 is 0 Å². The van der Waals surface area contributed by atoms with Crippen molar-refractivity contribution in [2.75, 3.05) is 0 Å². The van der Waals surface area contributed by atoms with Gasteiger partial charge in [-0.05, 0) is 159 Å². The van der Waals surface area contributed by atoms with Crippen LogP contribution in [0.3, 0.4) is 0 Å². The SMILES string of the molecule is CC1(C)C2=C(CCC(C3=c4ccccc4=C(c4ccc5c(c4)C(C)(C)c4cc(C6=CC=C(C7=c8ccccc8=C(c8ccccc8)C8C=CC=CC78)CC6)ccc4-5)C4C=CC=CC34)=C2)c2ccccc21. The third-order valence-electron chi connectivity index (χ3n) is 17.8. The predicted octanol–water partition coefficient (Wildman–Crippen LogP) is 13.7. The molecule has 4 atom stereocenters. The summed E-state index contributed by atoms with van der Waals surface area (Å²) >= 11 is 0. The lowest BCUT2D eigenvalue weighted by Crippen LogP contribution is -2.40. The summed E-state index contributed by atoms with van der Waals surface area (Å²) in [6, 6.07) is 53.5. The van der Waals surface area contributed by atoms with Gasteiger partial charge >= 0.3 is 0 Å². The van der Waals surface area contributed by atoms with Crippen molar-refractivity contribution in [2.24, 2.45) is 23.7 Å². The molecular weight excluding hydrogens is 841 g/mol. The van der Waals surface area contributed by atoms with E-state index in [9.17, 15) is 0 Å². The maximum absolute atomic E-state index is 2.61. The third-order valence-corrected chi connectivity index (χ3v) is 17.8. The lowest BCUT2D eigenvalue weighted by molar-refractivity contribution is 0.646. The number of hydrogen-bond acceptors (Lipinski definition) is 0. The number of fused-ring (bicyclic) bond motifs is 9. The Morgan fingerprint density at radius 3 is 1.44 bits per heavy atom. The molecule has 0 fully saturated rings. The summed E-state index contributed by atoms with van der Waals surface area (Å²) in [5.41, 5.74) is 25.9. The molecule has 70 heavy (non-hydrogen) atoms. The molecule has 0 heterocycles. The van der Waals surface area contributed by atoms with Crippen molar-refractivity contribution in [3.8, 4) is 11.1 Å². The lowest BCUT2D eigenvalue weighted by atomic mass is 9.67. The Morgan fingerprint density at radius 1 is 0.357 bits per heavy atom. The lowest BCUT2D eigenvalue weighted by Gasteiger charge is -2.36. The van der Waals surface area contributed by atoms with Crippen molar-refractivity contribution in [3.63, 3.8) is 0 Å². The van der Waals surface area contributed by atoms with Crippen LogP contribution in [0.5, 0.6) is 0 Å². The second-order valence-electron chi connectivity index (χ2n) is 22.0. The fourth-order valence-electron chi connectivity index (χ4n) is 14.5. The molecule has 8 aliphatic rings. The Hall–Kier alpha value is -7.28. The first-order valence-corrected chi connectivity index (χ1v) is 25.9. The van der Waals surface area contributed by atoms with Gasteiger partial charge in [0.25, 0.3) is 0 Å². The zero-order valence-electron chi connectivity index (χ0n) is 40.8. The Bertz CT molecular complexity index is 3820. The van der Waals surface area contributed by atoms with Gasteiger partial charge in [0, 0.05) is 34.5 Å². The number of benzene rings is 6. The van der Waals surface area contributed by atoms with Crippen molar-refractivity contribution in [2.45, 2.75) is 64.2 Å². The highest BCUT2D eigenvalue weighted by Gasteiger charge is 2.42. The zero-order valence-corrected chi connectivity index (χ0v) is 40.8. The summed E-state index contributed by atoms with van der Waals surface area (Å²) in [5, 5.41) is 5.55. The first kappa shape index (κ1) is 41.7. The second-order valence-corrected chi connectivity index (χ2v) is 22.0. The molecule has 0 radical (unpaired) electrons. The van der Waals surface area contributed by atoms with Crippen LogP contribution in [-0.4, -0.2) is 0 Å². The number of rotatable bonds is 5. The minimum Gasteiger partial charge on any atom is -0.0761 e. The van der Waals surface area contributed by atoms with Gasteiger partial charge in [0.05, 0.1) is 0 Å². The molecule has 0 aliphatic heterocycles. The van der Waals surface area contributed by atoms with Gasteiger partial charge in [0.2, 0.25) is 0 Å². The van der Waals surface area contributed by atoms with E-state index in [4.69, 9.17) is 0 Å². The molecule has 0 amide bonds. The van der Waals surface area contributed by atoms with Crippen LogP contribution in [0.4, 0.5) is 0 Å². The molecule has 0 aromatic heterocycles. The van der Waals surface area contributed by atoms with Crippen LogP contribution in [0.15, 0.2) is 223 Å². The van der Waals surface area contributed by atoms with E-state index in [2.05, 4.69) is 234 Å². The Labute approximate surface area is 413 Å². The molecule has 0 heteroatoms. The van der Waals surface area contributed by atoms with Crippen LogP contribution in [0.25, 0.3) is 44.6 Å². The van der Waals surface area contributed by atoms with Gasteiger partial charge in [0.15, 0.2) is 0 Å². The van der Waals surface area contributed by atoms with Gasteiger partial charge < -0.3 is 0 Å². The summed E-state index contributed by atoms with van der Waals surface area (Å²) in [7, 11) is 0. The largest absolute Gasteiger partial charge is 0.0761 e. The van der Waals surface area contributed by atoms with Crippen LogP contribution >= 0.6 is 0 Å². The van der Waals surface area contributed by atoms with Crippen molar-refractivity contribution in [1.29, 1.82) is 0 Å². The van der Waals surface area contributed by atoms with Gasteiger partial charge in [-0.3, -0.25) is 0 Å². The molecule has 14 rings (SSSR count). The molecule has 0 saturated carbocycles. The molecule has 8 aliphatic carbocycles. The highest BCUT2D eigenvalue weighted by molar-refractivity contribution is 5.90. The summed E-state index contributed by atoms with van der Waals surface area (Å²) in [6.45, 7) is 9.77. The smallest absolute Gasteiger partial charge is 0.0159 e. The van der Waals surface area contributed by atoms with Crippen LogP contribution in [0, 0.1) is 23.7 Å². The van der Waals surface area contributed by atoms with Crippen LogP contribution < -0.4 is 20.9 Å². The van der Waals surface area contributed by atoms with E-state index in [0.29, 0.717) is 11.8 Å². The zero-order chi connectivity index (χ0) is 46.9. The molecule has 0 saturated heterocycles. The Balaban J connectivity index is 0.838. The minimum absolute atomic E-state index is 0.00168. The molecule has 0 N–H and O–H groups in total. The molecule has 0 nitrogen and oxygen atoms in total. The van der Waals surface area contributed by atoms with Crippen molar-refractivity contribution >= 4 is 33.4 Å². The van der Waals surface area contributed by atoms with Gasteiger partial charge in [-0.1, -0.05) is 222 Å². The summed E-state index contributed by atoms with van der Waals surface area (Å²) in [6.07, 6.45) is 30.7. The fraction of sp³-hybridized carbons (Fsp3) is 0.200. The summed E-state index contributed by atoms with van der Waals surface area (Å²) in [5.74, 6) is 1.17. The van der Waals surface area contributed by atoms with Crippen LogP contribution in [-0.2, 0) is 10.8 Å². The van der Waals surface area contributed by atoms with Crippen molar-refractivity contribution in [3.05, 3.63) is 283 Å². The first-order chi connectivity index (χ1) is 34.3. The van der Waals surface area contributed by atoms with E-state index in [-0.39, 0.29) is 22.7 Å². The Kier molecular flexibility index (Phi) is 9.30. The van der Waals surface area contributed by atoms with E-state index >= 15 is 0 Å². The van der Waals surface area contributed by atoms with E-state index in [1.165, 1.54) is 116 Å². The summed E-state index contributed by atoms with van der Waals surface area (Å²) < 4.78 is 0. The highest BCUT2D eigenvalue weighted by atomic mass is 14.4. The molecule has 6 aromatic carbocycles. The van der Waals surface area contributed by atoms with E-state index in [1.54, 1.807) is 5.57 Å². The topological polar surface area (TPSA) is 0 Å². The van der Waals surface area contributed by atoms with Gasteiger partial charge in [-0.15, -0.1) is 0 Å². The first-order valence-electron chi connectivity index (χ1n) is 25.9.